The summed E-state index contributed by atoms with van der Waals surface area (Å²) in [5.41, 5.74) is 0.904. The van der Waals surface area contributed by atoms with Crippen LogP contribution in [0.3, 0.4) is 0 Å². The molecule has 2 aromatic rings. The average molecular weight is 242 g/mol. The van der Waals surface area contributed by atoms with Crippen molar-refractivity contribution in [3.05, 3.63) is 11.2 Å². The lowest BCUT2D eigenvalue weighted by Gasteiger charge is -2.15. The number of fused-ring (bicyclic) bond motifs is 1. The number of hydrogen-bond acceptors (Lipinski definition) is 4. The zero-order chi connectivity index (χ0) is 11.7. The highest BCUT2D eigenvalue weighted by atomic mass is 35.5. The summed E-state index contributed by atoms with van der Waals surface area (Å²) in [5, 5.41) is 19.1. The van der Waals surface area contributed by atoms with Gasteiger partial charge in [-0.15, -0.1) is 0 Å². The molecule has 0 aromatic carbocycles. The number of rotatable bonds is 2. The van der Waals surface area contributed by atoms with Crippen molar-refractivity contribution in [2.75, 3.05) is 11.4 Å². The van der Waals surface area contributed by atoms with Gasteiger partial charge in [0.05, 0.1) is 0 Å². The first-order valence-corrected chi connectivity index (χ1v) is 4.88. The predicted molar refractivity (Wildman–Crippen MR) is 57.7 cm³/mol. The van der Waals surface area contributed by atoms with Crippen molar-refractivity contribution in [3.63, 3.8) is 0 Å². The number of aromatic amines is 1. The maximum atomic E-state index is 10.9. The Hall–Kier alpha value is -1.89. The molecule has 0 aliphatic carbocycles. The lowest BCUT2D eigenvalue weighted by Crippen LogP contribution is -2.29. The number of nitrogens with one attached hydrogen (secondary N) is 1. The van der Waals surface area contributed by atoms with E-state index in [-0.39, 0.29) is 17.5 Å². The Balaban J connectivity index is 2.56. The van der Waals surface area contributed by atoms with E-state index >= 15 is 0 Å². The lowest BCUT2D eigenvalue weighted by atomic mass is 10.3. The van der Waals surface area contributed by atoms with Crippen molar-refractivity contribution in [2.24, 2.45) is 0 Å². The van der Waals surface area contributed by atoms with Crippen molar-refractivity contribution >= 4 is 34.5 Å². The van der Waals surface area contributed by atoms with Crippen molar-refractivity contribution in [3.8, 4) is 0 Å². The van der Waals surface area contributed by atoms with Gasteiger partial charge in [-0.1, -0.05) is 11.6 Å². The highest BCUT2D eigenvalue weighted by molar-refractivity contribution is 6.33. The summed E-state index contributed by atoms with van der Waals surface area (Å²) in [6.07, 6.45) is -1.09. The fourth-order valence-corrected chi connectivity index (χ4v) is 1.56. The first kappa shape index (κ1) is 10.6. The molecule has 0 aliphatic heterocycles. The van der Waals surface area contributed by atoms with E-state index in [1.165, 1.54) is 6.07 Å². The fourth-order valence-electron chi connectivity index (χ4n) is 1.33. The van der Waals surface area contributed by atoms with Crippen LogP contribution in [0.15, 0.2) is 6.07 Å². The molecule has 0 spiro atoms. The van der Waals surface area contributed by atoms with Crippen LogP contribution in [0.5, 0.6) is 0 Å². The van der Waals surface area contributed by atoms with Gasteiger partial charge in [-0.3, -0.25) is 4.90 Å². The van der Waals surface area contributed by atoms with Gasteiger partial charge in [0.2, 0.25) is 0 Å². The van der Waals surface area contributed by atoms with Crippen LogP contribution >= 0.6 is 11.6 Å². The third-order valence-corrected chi connectivity index (χ3v) is 2.34. The molecule has 2 aromatic heterocycles. The second kappa shape index (κ2) is 3.93. The SMILES string of the molecule is CCN(C(=O)O)c1cc2n[nH]nc2c(Cl)n1. The second-order valence-corrected chi connectivity index (χ2v) is 3.35. The smallest absolute Gasteiger partial charge is 0.413 e. The Morgan fingerprint density at radius 2 is 2.38 bits per heavy atom. The molecule has 8 heteroatoms. The van der Waals surface area contributed by atoms with Crippen LogP contribution in [-0.4, -0.2) is 38.1 Å². The maximum Gasteiger partial charge on any atom is 0.413 e. The molecule has 0 saturated heterocycles. The van der Waals surface area contributed by atoms with Gasteiger partial charge >= 0.3 is 6.09 Å². The minimum Gasteiger partial charge on any atom is -0.465 e. The minimum absolute atomic E-state index is 0.126. The van der Waals surface area contributed by atoms with Crippen molar-refractivity contribution in [2.45, 2.75) is 6.92 Å². The van der Waals surface area contributed by atoms with E-state index in [1.807, 2.05) is 0 Å². The predicted octanol–water partition coefficient (Wildman–Crippen LogP) is 1.51. The summed E-state index contributed by atoms with van der Waals surface area (Å²) in [5.74, 6) is 0.237. The van der Waals surface area contributed by atoms with Gasteiger partial charge in [0.25, 0.3) is 0 Å². The zero-order valence-corrected chi connectivity index (χ0v) is 9.06. The topological polar surface area (TPSA) is 95.0 Å². The molecular weight excluding hydrogens is 234 g/mol. The number of carbonyl (C=O) groups is 1. The van der Waals surface area contributed by atoms with Gasteiger partial charge in [-0.05, 0) is 6.92 Å². The quantitative estimate of drug-likeness (QED) is 0.777. The molecule has 0 fully saturated rings. The molecule has 0 unspecified atom stereocenters. The standard InChI is InChI=1S/C8H8ClN5O2/c1-2-14(8(15)16)5-3-4-6(7(9)10-5)12-13-11-4/h3H,2H2,1H3,(H,15,16)(H,11,12,13). The number of aromatic nitrogens is 4. The highest BCUT2D eigenvalue weighted by Gasteiger charge is 2.16. The average Bonchev–Trinajstić information content (AvgIpc) is 2.66. The van der Waals surface area contributed by atoms with Crippen LogP contribution in [0.1, 0.15) is 6.92 Å². The summed E-state index contributed by atoms with van der Waals surface area (Å²) < 4.78 is 0. The molecule has 7 nitrogen and oxygen atoms in total. The maximum absolute atomic E-state index is 10.9. The summed E-state index contributed by atoms with van der Waals surface area (Å²) in [4.78, 5) is 15.9. The van der Waals surface area contributed by atoms with E-state index in [2.05, 4.69) is 20.4 Å². The molecule has 1 amide bonds. The third kappa shape index (κ3) is 1.65. The zero-order valence-electron chi connectivity index (χ0n) is 8.31. The highest BCUT2D eigenvalue weighted by Crippen LogP contribution is 2.23. The molecule has 2 rings (SSSR count). The first-order valence-electron chi connectivity index (χ1n) is 4.51. The summed E-state index contributed by atoms with van der Waals surface area (Å²) in [7, 11) is 0. The number of amides is 1. The van der Waals surface area contributed by atoms with E-state index in [1.54, 1.807) is 6.92 Å². The molecule has 0 atom stereocenters. The molecule has 0 saturated carbocycles. The summed E-state index contributed by atoms with van der Waals surface area (Å²) in [6, 6.07) is 1.52. The number of halogens is 1. The van der Waals surface area contributed by atoms with Crippen molar-refractivity contribution < 1.29 is 9.90 Å². The third-order valence-electron chi connectivity index (χ3n) is 2.07. The van der Waals surface area contributed by atoms with Gasteiger partial charge < -0.3 is 5.11 Å². The van der Waals surface area contributed by atoms with E-state index in [0.29, 0.717) is 11.0 Å². The Morgan fingerprint density at radius 3 is 3.00 bits per heavy atom. The van der Waals surface area contributed by atoms with E-state index in [9.17, 15) is 4.79 Å². The number of pyridine rings is 1. The second-order valence-electron chi connectivity index (χ2n) is 2.99. The molecule has 0 radical (unpaired) electrons. The van der Waals surface area contributed by atoms with E-state index in [0.717, 1.165) is 4.90 Å². The molecular formula is C8H8ClN5O2. The fraction of sp³-hybridized carbons (Fsp3) is 0.250. The molecule has 2 N–H and O–H groups in total. The number of H-pyrrole nitrogens is 1. The van der Waals surface area contributed by atoms with Crippen molar-refractivity contribution in [1.29, 1.82) is 0 Å². The number of hydrogen-bond donors (Lipinski definition) is 2. The van der Waals surface area contributed by atoms with Gasteiger partial charge in [-0.25, -0.2) is 9.78 Å². The number of anilines is 1. The molecule has 0 bridgehead atoms. The van der Waals surface area contributed by atoms with E-state index in [4.69, 9.17) is 16.7 Å². The normalized spacial score (nSPS) is 10.6. The Morgan fingerprint density at radius 1 is 1.62 bits per heavy atom. The summed E-state index contributed by atoms with van der Waals surface area (Å²) >= 11 is 5.86. The van der Waals surface area contributed by atoms with Crippen LogP contribution in [0.2, 0.25) is 5.15 Å². The van der Waals surface area contributed by atoms with Crippen LogP contribution in [0.25, 0.3) is 11.0 Å². The Labute approximate surface area is 95.0 Å². The van der Waals surface area contributed by atoms with Crippen LogP contribution in [0.4, 0.5) is 10.6 Å². The van der Waals surface area contributed by atoms with Gasteiger partial charge in [-0.2, -0.15) is 15.4 Å². The molecule has 16 heavy (non-hydrogen) atoms. The Bertz CT molecular complexity index is 540. The van der Waals surface area contributed by atoms with Crippen molar-refractivity contribution in [1.82, 2.24) is 20.4 Å². The minimum atomic E-state index is -1.09. The van der Waals surface area contributed by atoms with Gasteiger partial charge in [0, 0.05) is 12.6 Å². The number of carboxylic acid groups (broad SMARTS) is 1. The summed E-state index contributed by atoms with van der Waals surface area (Å²) in [6.45, 7) is 1.98. The van der Waals surface area contributed by atoms with Gasteiger partial charge in [0.15, 0.2) is 5.15 Å². The van der Waals surface area contributed by atoms with Crippen LogP contribution in [0, 0.1) is 0 Å². The lowest BCUT2D eigenvalue weighted by molar-refractivity contribution is 0.202. The number of nitrogens with zero attached hydrogens (tertiary/aromatic N) is 4. The molecule has 2 heterocycles. The molecule has 0 aliphatic rings. The monoisotopic (exact) mass is 241 g/mol. The van der Waals surface area contributed by atoms with Gasteiger partial charge in [0.1, 0.15) is 16.9 Å². The molecule has 84 valence electrons. The largest absolute Gasteiger partial charge is 0.465 e. The van der Waals surface area contributed by atoms with Crippen LogP contribution < -0.4 is 4.90 Å². The Kier molecular flexibility index (Phi) is 2.61. The van der Waals surface area contributed by atoms with Crippen LogP contribution in [-0.2, 0) is 0 Å². The first-order chi connectivity index (χ1) is 7.63. The van der Waals surface area contributed by atoms with E-state index < -0.39 is 6.09 Å².